The fourth-order valence-electron chi connectivity index (χ4n) is 5.19. The van der Waals surface area contributed by atoms with Crippen LogP contribution in [0.2, 0.25) is 0 Å². The summed E-state index contributed by atoms with van der Waals surface area (Å²) in [6, 6.07) is 0.360. The molecule has 1 unspecified atom stereocenters. The Morgan fingerprint density at radius 3 is 3.03 bits per heavy atom. The van der Waals surface area contributed by atoms with E-state index in [1.807, 2.05) is 6.08 Å². The molecule has 2 aliphatic carbocycles. The first-order chi connectivity index (χ1) is 17.7. The van der Waals surface area contributed by atoms with E-state index in [1.54, 1.807) is 0 Å². The average Bonchev–Trinajstić information content (AvgIpc) is 3.66. The molecule has 0 radical (unpaired) electrons. The second kappa shape index (κ2) is 11.2. The highest BCUT2D eigenvalue weighted by molar-refractivity contribution is 5.81. The van der Waals surface area contributed by atoms with Gasteiger partial charge in [0.2, 0.25) is 0 Å². The molecule has 3 heterocycles. The number of imidazole rings is 2. The molecule has 7 heteroatoms. The Morgan fingerprint density at radius 1 is 1.31 bits per heavy atom. The number of aryl methyl sites for hydroxylation is 1. The van der Waals surface area contributed by atoms with Gasteiger partial charge in [0.15, 0.2) is 0 Å². The van der Waals surface area contributed by atoms with E-state index in [-0.39, 0.29) is 5.92 Å². The molecule has 1 fully saturated rings. The predicted octanol–water partition coefficient (Wildman–Crippen LogP) is 3.47. The monoisotopic (exact) mass is 486 g/mol. The highest BCUT2D eigenvalue weighted by atomic mass is 19.1. The molecule has 2 aromatic rings. The first-order valence-corrected chi connectivity index (χ1v) is 13.2. The van der Waals surface area contributed by atoms with Gasteiger partial charge in [-0.25, -0.2) is 14.4 Å². The molecule has 6 nitrogen and oxygen atoms in total. The number of fused-ring (bicyclic) bond motifs is 3. The topological polar surface area (TPSA) is 81.4 Å². The van der Waals surface area contributed by atoms with E-state index in [4.69, 9.17) is 4.98 Å². The smallest absolute Gasteiger partial charge is 0.150 e. The minimum Gasteiger partial charge on any atom is -0.344 e. The number of hydrogen-bond acceptors (Lipinski definition) is 4. The van der Waals surface area contributed by atoms with E-state index in [1.165, 1.54) is 29.3 Å². The lowest BCUT2D eigenvalue weighted by atomic mass is 9.82. The van der Waals surface area contributed by atoms with E-state index in [9.17, 15) is 4.39 Å². The van der Waals surface area contributed by atoms with E-state index < -0.39 is 5.83 Å². The first kappa shape index (κ1) is 24.5. The van der Waals surface area contributed by atoms with Crippen molar-refractivity contribution in [3.8, 4) is 11.8 Å². The number of allylic oxidation sites excluding steroid dienone is 5. The van der Waals surface area contributed by atoms with Crippen molar-refractivity contribution in [2.24, 2.45) is 5.92 Å². The fraction of sp³-hybridized carbons (Fsp3) is 0.448. The number of aromatic nitrogens is 4. The van der Waals surface area contributed by atoms with Crippen LogP contribution in [-0.4, -0.2) is 33.0 Å². The van der Waals surface area contributed by atoms with E-state index >= 15 is 0 Å². The number of rotatable bonds is 7. The van der Waals surface area contributed by atoms with Crippen LogP contribution in [0.25, 0.3) is 17.5 Å². The number of H-pyrrole nitrogens is 2. The third-order valence-corrected chi connectivity index (χ3v) is 7.01. The quantitative estimate of drug-likeness (QED) is 0.357. The summed E-state index contributed by atoms with van der Waals surface area (Å²) < 4.78 is 14.3. The molecule has 0 amide bonds. The molecule has 0 spiro atoms. The van der Waals surface area contributed by atoms with Crippen molar-refractivity contribution >= 4 is 17.5 Å². The van der Waals surface area contributed by atoms with E-state index in [0.29, 0.717) is 35.5 Å². The predicted molar refractivity (Wildman–Crippen MR) is 142 cm³/mol. The third-order valence-electron chi connectivity index (χ3n) is 7.01. The van der Waals surface area contributed by atoms with E-state index in [0.717, 1.165) is 56.7 Å². The van der Waals surface area contributed by atoms with Crippen LogP contribution in [0, 0.1) is 17.8 Å². The van der Waals surface area contributed by atoms with Gasteiger partial charge in [0, 0.05) is 23.6 Å². The molecule has 2 aromatic heterocycles. The highest BCUT2D eigenvalue weighted by Gasteiger charge is 2.28. The van der Waals surface area contributed by atoms with Crippen molar-refractivity contribution in [1.82, 2.24) is 30.6 Å². The van der Waals surface area contributed by atoms with Crippen LogP contribution in [0.4, 0.5) is 4.39 Å². The Hall–Kier alpha value is -3.21. The van der Waals surface area contributed by atoms with Crippen molar-refractivity contribution in [1.29, 1.82) is 0 Å². The SMILES string of the molecule is C=C/C(F)=c1/nc(CNCCC)[nH]/c1=C/CC#CC1C=C2CCc3[nH]c([C@@H]4CCCN4)nc3C2=CC1. The Kier molecular flexibility index (Phi) is 7.64. The maximum Gasteiger partial charge on any atom is 0.150 e. The lowest BCUT2D eigenvalue weighted by Gasteiger charge is -2.23. The van der Waals surface area contributed by atoms with Crippen LogP contribution in [-0.2, 0) is 13.0 Å². The van der Waals surface area contributed by atoms with Crippen molar-refractivity contribution in [3.63, 3.8) is 0 Å². The average molecular weight is 487 g/mol. The fourth-order valence-corrected chi connectivity index (χ4v) is 5.19. The minimum atomic E-state index is -0.427. The van der Waals surface area contributed by atoms with Gasteiger partial charge in [-0.1, -0.05) is 37.5 Å². The number of halogens is 1. The zero-order chi connectivity index (χ0) is 24.9. The van der Waals surface area contributed by atoms with Crippen LogP contribution in [0.3, 0.4) is 0 Å². The lowest BCUT2D eigenvalue weighted by molar-refractivity contribution is 0.611. The molecular weight excluding hydrogens is 451 g/mol. The summed E-state index contributed by atoms with van der Waals surface area (Å²) in [5.41, 5.74) is 5.04. The Labute approximate surface area is 212 Å². The Balaban J connectivity index is 1.27. The van der Waals surface area contributed by atoms with E-state index in [2.05, 4.69) is 63.1 Å². The van der Waals surface area contributed by atoms with Crippen LogP contribution in [0.1, 0.15) is 74.5 Å². The van der Waals surface area contributed by atoms with Gasteiger partial charge >= 0.3 is 0 Å². The number of aromatic amines is 2. The van der Waals surface area contributed by atoms with Gasteiger partial charge in [0.1, 0.15) is 22.8 Å². The van der Waals surface area contributed by atoms with Crippen molar-refractivity contribution in [3.05, 3.63) is 64.1 Å². The summed E-state index contributed by atoms with van der Waals surface area (Å²) in [6.07, 6.45) is 14.6. The van der Waals surface area contributed by atoms with Gasteiger partial charge in [0.05, 0.1) is 23.6 Å². The normalized spacial score (nSPS) is 22.2. The third kappa shape index (κ3) is 5.30. The second-order valence-electron chi connectivity index (χ2n) is 9.65. The van der Waals surface area contributed by atoms with Crippen molar-refractivity contribution in [2.75, 3.05) is 13.1 Å². The number of nitrogens with zero attached hydrogens (tertiary/aromatic N) is 2. The molecular formula is C29H35FN6. The molecule has 5 rings (SSSR count). The molecule has 36 heavy (non-hydrogen) atoms. The molecule has 3 aliphatic rings. The van der Waals surface area contributed by atoms with Gasteiger partial charge in [-0.2, -0.15) is 0 Å². The van der Waals surface area contributed by atoms with Crippen molar-refractivity contribution in [2.45, 2.75) is 64.5 Å². The van der Waals surface area contributed by atoms with Gasteiger partial charge in [-0.3, -0.25) is 0 Å². The first-order valence-electron chi connectivity index (χ1n) is 13.2. The lowest BCUT2D eigenvalue weighted by Crippen LogP contribution is -2.25. The summed E-state index contributed by atoms with van der Waals surface area (Å²) in [4.78, 5) is 16.2. The number of nitrogens with one attached hydrogen (secondary N) is 4. The summed E-state index contributed by atoms with van der Waals surface area (Å²) in [5.74, 6) is 8.25. The Morgan fingerprint density at radius 2 is 2.22 bits per heavy atom. The van der Waals surface area contributed by atoms with Crippen LogP contribution in [0.5, 0.6) is 0 Å². The molecule has 0 bridgehead atoms. The maximum atomic E-state index is 14.3. The molecule has 0 saturated carbocycles. The molecule has 4 N–H and O–H groups in total. The summed E-state index contributed by atoms with van der Waals surface area (Å²) in [6.45, 7) is 8.19. The van der Waals surface area contributed by atoms with Gasteiger partial charge in [-0.05, 0) is 69.3 Å². The van der Waals surface area contributed by atoms with Crippen LogP contribution < -0.4 is 21.3 Å². The van der Waals surface area contributed by atoms with Gasteiger partial charge in [-0.15, -0.1) is 0 Å². The summed E-state index contributed by atoms with van der Waals surface area (Å²) >= 11 is 0. The Bertz CT molecular complexity index is 1360. The highest BCUT2D eigenvalue weighted by Crippen LogP contribution is 2.39. The van der Waals surface area contributed by atoms with Gasteiger partial charge in [0.25, 0.3) is 0 Å². The standard InChI is InChI=1S/C29H35FN6/c1-3-15-31-18-26-33-23(28(35-26)22(30)4-2)9-6-5-8-19-11-13-21-20(17-19)12-14-24-27(21)36-29(34-24)25-10-7-16-32-25/h4,9,13,17,19,25,31-32H,2-3,6-7,10-12,14-16,18H2,1H3,(H,33,35)(H,34,36)/b23-9+,28-22-/t19?,25-/m0/s1. The second-order valence-corrected chi connectivity index (χ2v) is 9.65. The number of hydrogen-bond donors (Lipinski definition) is 4. The largest absolute Gasteiger partial charge is 0.344 e. The summed E-state index contributed by atoms with van der Waals surface area (Å²) in [7, 11) is 0. The molecule has 188 valence electrons. The van der Waals surface area contributed by atoms with Crippen LogP contribution in [0.15, 0.2) is 30.4 Å². The zero-order valence-corrected chi connectivity index (χ0v) is 21.0. The molecule has 0 aromatic carbocycles. The molecule has 1 aliphatic heterocycles. The van der Waals surface area contributed by atoms with Crippen molar-refractivity contribution < 1.29 is 4.39 Å². The molecule has 1 saturated heterocycles. The van der Waals surface area contributed by atoms with Gasteiger partial charge < -0.3 is 20.6 Å². The maximum absolute atomic E-state index is 14.3. The minimum absolute atomic E-state index is 0.195. The zero-order valence-electron chi connectivity index (χ0n) is 21.0. The van der Waals surface area contributed by atoms with Crippen LogP contribution >= 0.6 is 0 Å². The summed E-state index contributed by atoms with van der Waals surface area (Å²) in [5, 5.41) is 7.79. The molecule has 2 atom stereocenters.